The number of nitrogens with two attached hydrogens (primary N) is 3. The average Bonchev–Trinajstić information content (AvgIpc) is 3.12. The standard InChI is InChI=1S/C16H28N6O6/c1-8(14(26)21-10(13(19)25)4-5-12(18)24)20-15(27)11-3-2-6-22(11)16(28)9(17)7-23/h8-11,23H,2-7,17H2,1H3,(H2,18,24)(H2,19,25)(H,20,27)(H,21,26)/t8-,9-,10-,11-/m0/s1. The molecule has 1 saturated heterocycles. The van der Waals surface area contributed by atoms with E-state index in [1.807, 2.05) is 0 Å². The van der Waals surface area contributed by atoms with Crippen molar-refractivity contribution in [3.63, 3.8) is 0 Å². The molecule has 12 heteroatoms. The molecule has 0 aromatic carbocycles. The van der Waals surface area contributed by atoms with Crippen LogP contribution in [0.1, 0.15) is 32.6 Å². The minimum Gasteiger partial charge on any atom is -0.394 e. The highest BCUT2D eigenvalue weighted by Crippen LogP contribution is 2.18. The van der Waals surface area contributed by atoms with Gasteiger partial charge in [-0.15, -0.1) is 0 Å². The summed E-state index contributed by atoms with van der Waals surface area (Å²) in [4.78, 5) is 60.4. The molecule has 0 bridgehead atoms. The Morgan fingerprint density at radius 1 is 1.18 bits per heavy atom. The van der Waals surface area contributed by atoms with Gasteiger partial charge in [0.15, 0.2) is 0 Å². The van der Waals surface area contributed by atoms with Crippen molar-refractivity contribution in [2.45, 2.75) is 56.8 Å². The molecule has 9 N–H and O–H groups in total. The van der Waals surface area contributed by atoms with Gasteiger partial charge in [0.2, 0.25) is 29.5 Å². The van der Waals surface area contributed by atoms with Crippen LogP contribution in [0.2, 0.25) is 0 Å². The fraction of sp³-hybridized carbons (Fsp3) is 0.688. The number of primary amides is 2. The molecule has 1 rings (SSSR count). The summed E-state index contributed by atoms with van der Waals surface area (Å²) in [5.74, 6) is -3.25. The fourth-order valence-corrected chi connectivity index (χ4v) is 2.84. The molecule has 12 nitrogen and oxygen atoms in total. The molecule has 28 heavy (non-hydrogen) atoms. The molecule has 1 aliphatic heterocycles. The quantitative estimate of drug-likeness (QED) is 0.214. The maximum Gasteiger partial charge on any atom is 0.243 e. The predicted octanol–water partition coefficient (Wildman–Crippen LogP) is -3.96. The van der Waals surface area contributed by atoms with Crippen LogP contribution in [0.25, 0.3) is 0 Å². The van der Waals surface area contributed by atoms with Crippen LogP contribution in [0.4, 0.5) is 0 Å². The summed E-state index contributed by atoms with van der Waals surface area (Å²) in [6.45, 7) is 1.18. The Morgan fingerprint density at radius 3 is 2.36 bits per heavy atom. The third-order valence-electron chi connectivity index (χ3n) is 4.44. The van der Waals surface area contributed by atoms with Gasteiger partial charge in [-0.05, 0) is 26.2 Å². The highest BCUT2D eigenvalue weighted by Gasteiger charge is 2.37. The van der Waals surface area contributed by atoms with Crippen LogP contribution >= 0.6 is 0 Å². The summed E-state index contributed by atoms with van der Waals surface area (Å²) >= 11 is 0. The Balaban J connectivity index is 2.66. The van der Waals surface area contributed by atoms with E-state index in [0.717, 1.165) is 0 Å². The normalized spacial score (nSPS) is 19.4. The SMILES string of the molecule is C[C@H](NC(=O)[C@@H]1CCCN1C(=O)[C@@H](N)CO)C(=O)N[C@@H](CCC(N)=O)C(N)=O. The van der Waals surface area contributed by atoms with Crippen molar-refractivity contribution in [3.8, 4) is 0 Å². The van der Waals surface area contributed by atoms with Crippen LogP contribution in [-0.4, -0.2) is 76.9 Å². The number of rotatable bonds is 10. The van der Waals surface area contributed by atoms with E-state index in [1.54, 1.807) is 0 Å². The highest BCUT2D eigenvalue weighted by molar-refractivity contribution is 5.94. The number of hydrogen-bond donors (Lipinski definition) is 6. The molecule has 158 valence electrons. The number of carbonyl (C=O) groups is 5. The number of hydrogen-bond acceptors (Lipinski definition) is 7. The van der Waals surface area contributed by atoms with Gasteiger partial charge in [0.1, 0.15) is 24.2 Å². The van der Waals surface area contributed by atoms with Gasteiger partial charge in [-0.25, -0.2) is 0 Å². The second-order valence-electron chi connectivity index (χ2n) is 6.68. The minimum absolute atomic E-state index is 0.0545. The smallest absolute Gasteiger partial charge is 0.243 e. The number of aliphatic hydroxyl groups excluding tert-OH is 1. The maximum atomic E-state index is 12.5. The van der Waals surface area contributed by atoms with Crippen LogP contribution in [0, 0.1) is 0 Å². The van der Waals surface area contributed by atoms with Gasteiger partial charge < -0.3 is 37.8 Å². The van der Waals surface area contributed by atoms with E-state index in [1.165, 1.54) is 11.8 Å². The summed E-state index contributed by atoms with van der Waals surface area (Å²) in [5, 5.41) is 13.9. The lowest BCUT2D eigenvalue weighted by atomic mass is 10.1. The van der Waals surface area contributed by atoms with E-state index >= 15 is 0 Å². The third-order valence-corrected chi connectivity index (χ3v) is 4.44. The summed E-state index contributed by atoms with van der Waals surface area (Å²) < 4.78 is 0. The number of carbonyl (C=O) groups excluding carboxylic acids is 5. The van der Waals surface area contributed by atoms with Crippen LogP contribution < -0.4 is 27.8 Å². The van der Waals surface area contributed by atoms with Gasteiger partial charge >= 0.3 is 0 Å². The van der Waals surface area contributed by atoms with Gasteiger partial charge in [-0.2, -0.15) is 0 Å². The molecular formula is C16H28N6O6. The molecule has 0 spiro atoms. The van der Waals surface area contributed by atoms with E-state index in [9.17, 15) is 24.0 Å². The molecule has 0 aromatic heterocycles. The van der Waals surface area contributed by atoms with Crippen molar-refractivity contribution in [2.24, 2.45) is 17.2 Å². The molecule has 0 unspecified atom stereocenters. The van der Waals surface area contributed by atoms with E-state index in [-0.39, 0.29) is 12.8 Å². The first-order valence-electron chi connectivity index (χ1n) is 8.93. The molecule has 5 amide bonds. The highest BCUT2D eigenvalue weighted by atomic mass is 16.3. The Labute approximate surface area is 162 Å². The minimum atomic E-state index is -1.12. The van der Waals surface area contributed by atoms with Crippen LogP contribution in [0.3, 0.4) is 0 Å². The molecule has 1 heterocycles. The lowest BCUT2D eigenvalue weighted by Crippen LogP contribution is -2.56. The molecule has 0 saturated carbocycles. The molecule has 0 radical (unpaired) electrons. The van der Waals surface area contributed by atoms with Crippen molar-refractivity contribution in [1.82, 2.24) is 15.5 Å². The van der Waals surface area contributed by atoms with Crippen molar-refractivity contribution in [1.29, 1.82) is 0 Å². The second kappa shape index (κ2) is 10.6. The zero-order valence-electron chi connectivity index (χ0n) is 15.7. The van der Waals surface area contributed by atoms with Gasteiger partial charge in [0.05, 0.1) is 6.61 Å². The number of nitrogens with one attached hydrogen (secondary N) is 2. The first kappa shape index (κ1) is 23.3. The van der Waals surface area contributed by atoms with Gasteiger partial charge in [0, 0.05) is 13.0 Å². The van der Waals surface area contributed by atoms with Gasteiger partial charge in [0.25, 0.3) is 0 Å². The summed E-state index contributed by atoms with van der Waals surface area (Å²) in [6.07, 6.45) is 0.784. The fourth-order valence-electron chi connectivity index (χ4n) is 2.84. The third kappa shape index (κ3) is 6.46. The molecule has 0 aromatic rings. The molecular weight excluding hydrogens is 372 g/mol. The number of nitrogens with zero attached hydrogens (tertiary/aromatic N) is 1. The van der Waals surface area contributed by atoms with Crippen molar-refractivity contribution in [2.75, 3.05) is 13.2 Å². The van der Waals surface area contributed by atoms with E-state index < -0.39 is 60.3 Å². The Hall–Kier alpha value is -2.73. The second-order valence-corrected chi connectivity index (χ2v) is 6.68. The topological polar surface area (TPSA) is 211 Å². The van der Waals surface area contributed by atoms with Crippen LogP contribution in [0.15, 0.2) is 0 Å². The number of likely N-dealkylation sites (tertiary alicyclic amines) is 1. The van der Waals surface area contributed by atoms with Crippen LogP contribution in [-0.2, 0) is 24.0 Å². The van der Waals surface area contributed by atoms with Gasteiger partial charge in [-0.3, -0.25) is 24.0 Å². The first-order valence-corrected chi connectivity index (χ1v) is 8.93. The van der Waals surface area contributed by atoms with E-state index in [4.69, 9.17) is 22.3 Å². The zero-order valence-corrected chi connectivity index (χ0v) is 15.7. The monoisotopic (exact) mass is 400 g/mol. The zero-order chi connectivity index (χ0) is 21.4. The average molecular weight is 400 g/mol. The first-order chi connectivity index (χ1) is 13.1. The number of amides is 5. The van der Waals surface area contributed by atoms with Crippen molar-refractivity contribution in [3.05, 3.63) is 0 Å². The molecule has 1 aliphatic rings. The summed E-state index contributed by atoms with van der Waals surface area (Å²) in [7, 11) is 0. The predicted molar refractivity (Wildman–Crippen MR) is 97.0 cm³/mol. The van der Waals surface area contributed by atoms with E-state index in [0.29, 0.717) is 19.4 Å². The van der Waals surface area contributed by atoms with Crippen molar-refractivity contribution >= 4 is 29.5 Å². The lowest BCUT2D eigenvalue weighted by Gasteiger charge is -2.27. The summed E-state index contributed by atoms with van der Waals surface area (Å²) in [5.41, 5.74) is 15.7. The maximum absolute atomic E-state index is 12.5. The Morgan fingerprint density at radius 2 is 1.82 bits per heavy atom. The lowest BCUT2D eigenvalue weighted by molar-refractivity contribution is -0.141. The molecule has 4 atom stereocenters. The summed E-state index contributed by atoms with van der Waals surface area (Å²) in [6, 6.07) is -4.05. The van der Waals surface area contributed by atoms with Crippen LogP contribution in [0.5, 0.6) is 0 Å². The molecule has 0 aliphatic carbocycles. The van der Waals surface area contributed by atoms with Gasteiger partial charge in [-0.1, -0.05) is 0 Å². The Bertz CT molecular complexity index is 627. The van der Waals surface area contributed by atoms with Crippen molar-refractivity contribution < 1.29 is 29.1 Å². The Kier molecular flexibility index (Phi) is 8.79. The largest absolute Gasteiger partial charge is 0.394 e. The van der Waals surface area contributed by atoms with E-state index in [2.05, 4.69) is 10.6 Å². The number of aliphatic hydroxyl groups is 1. The molecule has 1 fully saturated rings.